The van der Waals surface area contributed by atoms with Crippen molar-refractivity contribution in [3.05, 3.63) is 71.7 Å². The summed E-state index contributed by atoms with van der Waals surface area (Å²) in [5.74, 6) is -1.13. The number of carbonyl (C=O) groups excluding carboxylic acids is 2. The number of fused-ring (bicyclic) bond motifs is 1. The first kappa shape index (κ1) is 21.3. The van der Waals surface area contributed by atoms with Crippen LogP contribution in [-0.2, 0) is 11.2 Å². The van der Waals surface area contributed by atoms with Crippen molar-refractivity contribution >= 4 is 77.2 Å². The Morgan fingerprint density at radius 2 is 1.71 bits per heavy atom. The normalized spacial score (nSPS) is 12.2. The fraction of sp³-hybridized carbons (Fsp3) is 0.105. The summed E-state index contributed by atoms with van der Waals surface area (Å²) in [6.45, 7) is 1.19. The third-order valence-electron chi connectivity index (χ3n) is 4.09. The van der Waals surface area contributed by atoms with E-state index in [0.29, 0.717) is 10.0 Å². The molecule has 0 aliphatic heterocycles. The second-order valence-electron chi connectivity index (χ2n) is 5.92. The zero-order valence-corrected chi connectivity index (χ0v) is 19.3. The van der Waals surface area contributed by atoms with Crippen LogP contribution < -0.4 is 5.43 Å². The molecule has 144 valence electrons. The average molecular weight is 546 g/mol. The molecule has 3 rings (SSSR count). The number of aromatic nitrogens is 1. The Morgan fingerprint density at radius 1 is 1.11 bits per heavy atom. The molecular weight excluding hydrogens is 534 g/mol. The summed E-state index contributed by atoms with van der Waals surface area (Å²) >= 11 is 11.1. The van der Waals surface area contributed by atoms with Gasteiger partial charge in [0.05, 0.1) is 15.9 Å². The van der Waals surface area contributed by atoms with E-state index in [-0.39, 0.29) is 26.5 Å². The van der Waals surface area contributed by atoms with Gasteiger partial charge in [-0.15, -0.1) is 0 Å². The first-order valence-electron chi connectivity index (χ1n) is 7.86. The van der Waals surface area contributed by atoms with Gasteiger partial charge in [-0.2, -0.15) is 0 Å². The molecule has 0 spiro atoms. The largest absolute Gasteiger partial charge is 0.610 e. The maximum atomic E-state index is 13.4. The molecule has 0 radical (unpaired) electrons. The Kier molecular flexibility index (Phi) is 6.17. The molecular formula is C19H12Br2ClNO4S. The van der Waals surface area contributed by atoms with E-state index in [1.807, 2.05) is 0 Å². The predicted molar refractivity (Wildman–Crippen MR) is 117 cm³/mol. The van der Waals surface area contributed by atoms with Gasteiger partial charge in [-0.25, -0.2) is 4.57 Å². The Morgan fingerprint density at radius 3 is 2.25 bits per heavy atom. The van der Waals surface area contributed by atoms with Crippen LogP contribution in [0.1, 0.15) is 27.6 Å². The summed E-state index contributed by atoms with van der Waals surface area (Å²) in [6.07, 6.45) is 1.32. The van der Waals surface area contributed by atoms with Gasteiger partial charge in [-0.05, 0) is 59.3 Å². The van der Waals surface area contributed by atoms with Crippen molar-refractivity contribution in [3.63, 3.8) is 0 Å². The smallest absolute Gasteiger partial charge is 0.266 e. The van der Waals surface area contributed by atoms with Crippen LogP contribution in [0, 0.1) is 0 Å². The first-order chi connectivity index (χ1) is 13.1. The highest BCUT2D eigenvalue weighted by Gasteiger charge is 2.31. The lowest BCUT2D eigenvalue weighted by atomic mass is 10.1. The van der Waals surface area contributed by atoms with Crippen molar-refractivity contribution in [1.29, 1.82) is 0 Å². The van der Waals surface area contributed by atoms with E-state index in [9.17, 15) is 18.9 Å². The maximum absolute atomic E-state index is 13.4. The third kappa shape index (κ3) is 3.59. The molecule has 2 aromatic carbocycles. The van der Waals surface area contributed by atoms with Crippen LogP contribution in [-0.4, -0.2) is 27.1 Å². The highest BCUT2D eigenvalue weighted by Crippen LogP contribution is 2.32. The van der Waals surface area contributed by atoms with Gasteiger partial charge in [0.25, 0.3) is 5.91 Å². The van der Waals surface area contributed by atoms with Gasteiger partial charge >= 0.3 is 0 Å². The zero-order valence-electron chi connectivity index (χ0n) is 14.6. The Hall–Kier alpha value is -1.45. The number of hydrogen-bond acceptors (Lipinski definition) is 4. The van der Waals surface area contributed by atoms with Crippen LogP contribution >= 0.6 is 43.5 Å². The molecule has 3 aromatic rings. The Balaban J connectivity index is 2.57. The minimum absolute atomic E-state index is 0.0147. The molecule has 0 saturated heterocycles. The van der Waals surface area contributed by atoms with Gasteiger partial charge in [0, 0.05) is 25.7 Å². The monoisotopic (exact) mass is 543 g/mol. The molecule has 28 heavy (non-hydrogen) atoms. The summed E-state index contributed by atoms with van der Waals surface area (Å²) in [7, 11) is 0. The lowest BCUT2D eigenvalue weighted by Crippen LogP contribution is -2.29. The molecule has 0 aliphatic carbocycles. The van der Waals surface area contributed by atoms with Crippen molar-refractivity contribution in [2.75, 3.05) is 6.26 Å². The highest BCUT2D eigenvalue weighted by molar-refractivity contribution is 9.11. The molecule has 5 nitrogen and oxygen atoms in total. The summed E-state index contributed by atoms with van der Waals surface area (Å²) in [4.78, 5) is 38.7. The fourth-order valence-electron chi connectivity index (χ4n) is 2.91. The van der Waals surface area contributed by atoms with Crippen molar-refractivity contribution in [3.8, 4) is 0 Å². The fourth-order valence-corrected chi connectivity index (χ4v) is 4.87. The van der Waals surface area contributed by atoms with Gasteiger partial charge in [-0.1, -0.05) is 27.5 Å². The van der Waals surface area contributed by atoms with E-state index in [0.717, 1.165) is 9.04 Å². The maximum Gasteiger partial charge on any atom is 0.266 e. The SMILES string of the molecule is CC(=O)c1c([S+](C)[O-])n(C(=O)c2ccc(Br)cc2)c2c(Br)ccc(Cl)c2c1=O. The standard InChI is InChI=1S/C19H12Br2ClNO4S/c1-9(24)14-17(25)15-13(22)8-7-12(21)16(15)23(19(14)28(2)27)18(26)10-3-5-11(20)6-4-10/h3-8H,1-2H3. The number of benzene rings is 2. The van der Waals surface area contributed by atoms with Gasteiger partial charge in [-0.3, -0.25) is 14.4 Å². The van der Waals surface area contributed by atoms with Crippen molar-refractivity contribution < 1.29 is 14.1 Å². The molecule has 0 aliphatic rings. The molecule has 0 N–H and O–H groups in total. The number of ketones is 1. The third-order valence-corrected chi connectivity index (χ3v) is 6.51. The average Bonchev–Trinajstić information content (AvgIpc) is 2.63. The number of hydrogen-bond donors (Lipinski definition) is 0. The lowest BCUT2D eigenvalue weighted by molar-refractivity contribution is 0.0952. The number of rotatable bonds is 3. The van der Waals surface area contributed by atoms with E-state index >= 15 is 0 Å². The molecule has 1 heterocycles. The van der Waals surface area contributed by atoms with Gasteiger partial charge in [0.2, 0.25) is 10.5 Å². The lowest BCUT2D eigenvalue weighted by Gasteiger charge is -2.19. The van der Waals surface area contributed by atoms with Crippen molar-refractivity contribution in [2.24, 2.45) is 0 Å². The van der Waals surface area contributed by atoms with Crippen LogP contribution in [0.4, 0.5) is 0 Å². The molecule has 0 amide bonds. The first-order valence-corrected chi connectivity index (χ1v) is 11.4. The summed E-state index contributed by atoms with van der Waals surface area (Å²) < 4.78 is 14.9. The van der Waals surface area contributed by atoms with Crippen LogP contribution in [0.15, 0.2) is 55.2 Å². The second kappa shape index (κ2) is 8.12. The van der Waals surface area contributed by atoms with Crippen LogP contribution in [0.2, 0.25) is 5.02 Å². The van der Waals surface area contributed by atoms with Crippen molar-refractivity contribution in [2.45, 2.75) is 11.9 Å². The Labute approximate surface area is 185 Å². The molecule has 1 atom stereocenters. The van der Waals surface area contributed by atoms with E-state index in [2.05, 4.69) is 31.9 Å². The molecule has 0 fully saturated rings. The van der Waals surface area contributed by atoms with Gasteiger partial charge in [0.15, 0.2) is 5.78 Å². The van der Waals surface area contributed by atoms with Gasteiger partial charge in [0.1, 0.15) is 11.8 Å². The summed E-state index contributed by atoms with van der Waals surface area (Å²) in [5.41, 5.74) is -0.500. The van der Waals surface area contributed by atoms with E-state index in [1.54, 1.807) is 30.3 Å². The number of pyridine rings is 1. The molecule has 1 unspecified atom stereocenters. The number of carbonyl (C=O) groups is 2. The Bertz CT molecular complexity index is 1190. The molecule has 9 heteroatoms. The summed E-state index contributed by atoms with van der Waals surface area (Å²) in [5, 5.41) is -0.0433. The summed E-state index contributed by atoms with van der Waals surface area (Å²) in [6, 6.07) is 9.64. The topological polar surface area (TPSA) is 79.2 Å². The zero-order chi connectivity index (χ0) is 20.7. The minimum Gasteiger partial charge on any atom is -0.610 e. The van der Waals surface area contributed by atoms with E-state index in [1.165, 1.54) is 19.2 Å². The number of nitrogens with zero attached hydrogens (tertiary/aromatic N) is 1. The predicted octanol–water partition coefficient (Wildman–Crippen LogP) is 4.81. The van der Waals surface area contributed by atoms with Crippen LogP contribution in [0.3, 0.4) is 0 Å². The van der Waals surface area contributed by atoms with Crippen LogP contribution in [0.25, 0.3) is 10.9 Å². The minimum atomic E-state index is -1.80. The quantitative estimate of drug-likeness (QED) is 0.350. The number of halogens is 3. The molecule has 1 aromatic heterocycles. The van der Waals surface area contributed by atoms with Crippen LogP contribution in [0.5, 0.6) is 0 Å². The van der Waals surface area contributed by atoms with E-state index in [4.69, 9.17) is 11.6 Å². The highest BCUT2D eigenvalue weighted by atomic mass is 79.9. The molecule has 0 saturated carbocycles. The van der Waals surface area contributed by atoms with Crippen molar-refractivity contribution in [1.82, 2.24) is 4.57 Å². The molecule has 0 bridgehead atoms. The number of Topliss-reactive ketones (excluding diaryl/α,β-unsaturated/α-hetero) is 1. The van der Waals surface area contributed by atoms with Gasteiger partial charge < -0.3 is 4.55 Å². The second-order valence-corrected chi connectivity index (χ2v) is 9.39. The van der Waals surface area contributed by atoms with E-state index < -0.39 is 28.3 Å².